The van der Waals surface area contributed by atoms with Crippen LogP contribution in [0.1, 0.15) is 28.8 Å². The van der Waals surface area contributed by atoms with Gasteiger partial charge < -0.3 is 14.9 Å². The first kappa shape index (κ1) is 23.3. The number of rotatable bonds is 5. The fourth-order valence-corrected chi connectivity index (χ4v) is 6.03. The molecule has 4 rings (SSSR count). The maximum Gasteiger partial charge on any atom is 0.257 e. The minimum Gasteiger partial charge on any atom is -0.507 e. The molecule has 2 aliphatic heterocycles. The summed E-state index contributed by atoms with van der Waals surface area (Å²) in [6.45, 7) is 2.37. The molecule has 9 heteroatoms. The topological polar surface area (TPSA) is 98.2 Å². The van der Waals surface area contributed by atoms with Gasteiger partial charge in [-0.05, 0) is 30.5 Å². The van der Waals surface area contributed by atoms with Crippen LogP contribution in [-0.4, -0.2) is 78.7 Å². The second-order valence-electron chi connectivity index (χ2n) is 8.55. The van der Waals surface area contributed by atoms with Gasteiger partial charge in [-0.25, -0.2) is 12.7 Å². The van der Waals surface area contributed by atoms with Crippen molar-refractivity contribution in [3.63, 3.8) is 0 Å². The van der Waals surface area contributed by atoms with Crippen LogP contribution < -0.4 is 0 Å². The summed E-state index contributed by atoms with van der Waals surface area (Å²) in [6.07, 6.45) is 1.01. The van der Waals surface area contributed by atoms with Crippen LogP contribution in [0.4, 0.5) is 0 Å². The number of phenols is 1. The number of carbonyl (C=O) groups excluding carboxylic acids is 2. The van der Waals surface area contributed by atoms with Gasteiger partial charge >= 0.3 is 0 Å². The van der Waals surface area contributed by atoms with Crippen molar-refractivity contribution in [3.8, 4) is 5.75 Å². The molecule has 1 N–H and O–H groups in total. The fourth-order valence-electron chi connectivity index (χ4n) is 4.47. The Balaban J connectivity index is 1.27. The van der Waals surface area contributed by atoms with Crippen LogP contribution in [0.3, 0.4) is 0 Å². The summed E-state index contributed by atoms with van der Waals surface area (Å²) in [5.74, 6) is -0.482. The van der Waals surface area contributed by atoms with E-state index < -0.39 is 10.0 Å². The van der Waals surface area contributed by atoms with Crippen LogP contribution >= 0.6 is 0 Å². The number of amides is 2. The zero-order valence-corrected chi connectivity index (χ0v) is 19.3. The molecule has 8 nitrogen and oxygen atoms in total. The normalized spacial score (nSPS) is 18.3. The summed E-state index contributed by atoms with van der Waals surface area (Å²) in [7, 11) is -3.41. The van der Waals surface area contributed by atoms with E-state index in [1.807, 2.05) is 18.2 Å². The van der Waals surface area contributed by atoms with Crippen molar-refractivity contribution >= 4 is 21.8 Å². The summed E-state index contributed by atoms with van der Waals surface area (Å²) in [4.78, 5) is 29.1. The molecule has 0 radical (unpaired) electrons. The van der Waals surface area contributed by atoms with E-state index in [0.717, 1.165) is 5.56 Å². The highest BCUT2D eigenvalue weighted by atomic mass is 32.2. The van der Waals surface area contributed by atoms with Crippen molar-refractivity contribution in [2.24, 2.45) is 5.92 Å². The highest BCUT2D eigenvalue weighted by Gasteiger charge is 2.34. The van der Waals surface area contributed by atoms with Gasteiger partial charge in [-0.15, -0.1) is 0 Å². The number of carbonyl (C=O) groups is 2. The van der Waals surface area contributed by atoms with Gasteiger partial charge in [0.05, 0.1) is 11.3 Å². The highest BCUT2D eigenvalue weighted by Crippen LogP contribution is 2.25. The first-order valence-electron chi connectivity index (χ1n) is 11.2. The number of sulfonamides is 1. The molecular formula is C24H29N3O5S. The number of phenolic OH excluding ortho intramolecular Hbond substituents is 1. The van der Waals surface area contributed by atoms with E-state index in [1.54, 1.807) is 40.1 Å². The molecule has 33 heavy (non-hydrogen) atoms. The molecule has 2 fully saturated rings. The molecule has 0 atom stereocenters. The Morgan fingerprint density at radius 3 is 2.03 bits per heavy atom. The van der Waals surface area contributed by atoms with Gasteiger partial charge in [0, 0.05) is 45.2 Å². The lowest BCUT2D eigenvalue weighted by molar-refractivity contribution is -0.138. The molecule has 176 valence electrons. The second-order valence-corrected chi connectivity index (χ2v) is 10.5. The van der Waals surface area contributed by atoms with E-state index in [0.29, 0.717) is 52.1 Å². The Kier molecular flexibility index (Phi) is 6.99. The van der Waals surface area contributed by atoms with Crippen molar-refractivity contribution in [1.82, 2.24) is 14.1 Å². The van der Waals surface area contributed by atoms with Crippen LogP contribution in [0, 0.1) is 5.92 Å². The molecule has 2 amide bonds. The summed E-state index contributed by atoms with van der Waals surface area (Å²) in [6, 6.07) is 15.6. The number of piperazine rings is 1. The smallest absolute Gasteiger partial charge is 0.257 e. The zero-order chi connectivity index (χ0) is 23.4. The molecule has 0 aromatic heterocycles. The van der Waals surface area contributed by atoms with Gasteiger partial charge in [0.1, 0.15) is 5.75 Å². The Bertz CT molecular complexity index is 1090. The SMILES string of the molecule is O=C(c1ccccc1O)N1CCN(C(=O)C2CCN(S(=O)(=O)Cc3ccccc3)CC2)CC1. The Hall–Kier alpha value is -2.91. The predicted molar refractivity (Wildman–Crippen MR) is 124 cm³/mol. The lowest BCUT2D eigenvalue weighted by atomic mass is 9.96. The molecule has 0 spiro atoms. The molecule has 0 aliphatic carbocycles. The van der Waals surface area contributed by atoms with Gasteiger partial charge in [0.2, 0.25) is 15.9 Å². The first-order chi connectivity index (χ1) is 15.8. The lowest BCUT2D eigenvalue weighted by Gasteiger charge is -2.38. The van der Waals surface area contributed by atoms with E-state index >= 15 is 0 Å². The number of para-hydroxylation sites is 1. The van der Waals surface area contributed by atoms with E-state index in [1.165, 1.54) is 10.4 Å². The Morgan fingerprint density at radius 2 is 1.39 bits per heavy atom. The van der Waals surface area contributed by atoms with E-state index in [2.05, 4.69) is 0 Å². The summed E-state index contributed by atoms with van der Waals surface area (Å²) >= 11 is 0. The van der Waals surface area contributed by atoms with Crippen molar-refractivity contribution in [2.45, 2.75) is 18.6 Å². The van der Waals surface area contributed by atoms with Crippen LogP contribution in [0.15, 0.2) is 54.6 Å². The molecule has 2 aromatic carbocycles. The van der Waals surface area contributed by atoms with E-state index in [4.69, 9.17) is 0 Å². The van der Waals surface area contributed by atoms with Crippen LogP contribution in [-0.2, 0) is 20.6 Å². The number of piperidine rings is 1. The van der Waals surface area contributed by atoms with Crippen LogP contribution in [0.2, 0.25) is 0 Å². The fraction of sp³-hybridized carbons (Fsp3) is 0.417. The Labute approximate surface area is 194 Å². The van der Waals surface area contributed by atoms with Gasteiger partial charge in [0.25, 0.3) is 5.91 Å². The van der Waals surface area contributed by atoms with Gasteiger partial charge in [-0.3, -0.25) is 9.59 Å². The average molecular weight is 472 g/mol. The number of nitrogens with zero attached hydrogens (tertiary/aromatic N) is 3. The molecule has 0 saturated carbocycles. The number of aromatic hydroxyl groups is 1. The van der Waals surface area contributed by atoms with Crippen LogP contribution in [0.5, 0.6) is 5.75 Å². The maximum atomic E-state index is 13.0. The molecule has 2 saturated heterocycles. The quantitative estimate of drug-likeness (QED) is 0.719. The molecule has 2 aliphatic rings. The van der Waals surface area contributed by atoms with Crippen LogP contribution in [0.25, 0.3) is 0 Å². The first-order valence-corrected chi connectivity index (χ1v) is 12.8. The molecular weight excluding hydrogens is 442 g/mol. The third-order valence-electron chi connectivity index (χ3n) is 6.40. The summed E-state index contributed by atoms with van der Waals surface area (Å²) in [5.41, 5.74) is 1.02. The van der Waals surface area contributed by atoms with Crippen molar-refractivity contribution in [2.75, 3.05) is 39.3 Å². The molecule has 2 heterocycles. The molecule has 2 aromatic rings. The number of hydrogen-bond acceptors (Lipinski definition) is 5. The lowest BCUT2D eigenvalue weighted by Crippen LogP contribution is -2.53. The monoisotopic (exact) mass is 471 g/mol. The van der Waals surface area contributed by atoms with Gasteiger partial charge in [-0.1, -0.05) is 42.5 Å². The summed E-state index contributed by atoms with van der Waals surface area (Å²) < 4.78 is 27.0. The average Bonchev–Trinajstić information content (AvgIpc) is 2.84. The minimum atomic E-state index is -3.41. The van der Waals surface area contributed by atoms with Gasteiger partial charge in [0.15, 0.2) is 0 Å². The summed E-state index contributed by atoms with van der Waals surface area (Å²) in [5, 5.41) is 9.92. The largest absolute Gasteiger partial charge is 0.507 e. The number of benzene rings is 2. The zero-order valence-electron chi connectivity index (χ0n) is 18.5. The van der Waals surface area contributed by atoms with E-state index in [9.17, 15) is 23.1 Å². The van der Waals surface area contributed by atoms with Gasteiger partial charge in [-0.2, -0.15) is 0 Å². The number of hydrogen-bond donors (Lipinski definition) is 1. The minimum absolute atomic E-state index is 0.0284. The standard InChI is InChI=1S/C24H29N3O5S/c28-22-9-5-4-8-21(22)24(30)26-16-14-25(15-17-26)23(29)20-10-12-27(13-11-20)33(31,32)18-19-6-2-1-3-7-19/h1-9,20,28H,10-18H2. The highest BCUT2D eigenvalue weighted by molar-refractivity contribution is 7.88. The second kappa shape index (κ2) is 9.93. The third-order valence-corrected chi connectivity index (χ3v) is 8.25. The van der Waals surface area contributed by atoms with E-state index in [-0.39, 0.29) is 34.8 Å². The predicted octanol–water partition coefficient (Wildman–Crippen LogP) is 1.92. The molecule has 0 unspecified atom stereocenters. The maximum absolute atomic E-state index is 13.0. The molecule has 0 bridgehead atoms. The van der Waals surface area contributed by atoms with Crippen molar-refractivity contribution in [3.05, 3.63) is 65.7 Å². The Morgan fingerprint density at radius 1 is 0.818 bits per heavy atom. The van der Waals surface area contributed by atoms with Crippen molar-refractivity contribution < 1.29 is 23.1 Å². The third kappa shape index (κ3) is 5.36. The van der Waals surface area contributed by atoms with Crippen molar-refractivity contribution in [1.29, 1.82) is 0 Å².